The molecule has 0 aliphatic heterocycles. The molecule has 1 aromatic rings. The Hall–Kier alpha value is -0.820. The Bertz CT molecular complexity index is 371. The molecule has 2 aliphatic carbocycles. The zero-order valence-electron chi connectivity index (χ0n) is 11.1. The van der Waals surface area contributed by atoms with Gasteiger partial charge >= 0.3 is 0 Å². The van der Waals surface area contributed by atoms with Crippen molar-refractivity contribution >= 4 is 0 Å². The van der Waals surface area contributed by atoms with Crippen molar-refractivity contribution < 1.29 is 5.11 Å². The first-order valence-corrected chi connectivity index (χ1v) is 7.61. The van der Waals surface area contributed by atoms with E-state index >= 15 is 0 Å². The van der Waals surface area contributed by atoms with Crippen LogP contribution in [0.15, 0.2) is 24.3 Å². The Labute approximate surface area is 110 Å². The normalized spacial score (nSPS) is 22.9. The van der Waals surface area contributed by atoms with E-state index in [0.717, 1.165) is 23.8 Å². The molecule has 0 heterocycles. The lowest BCUT2D eigenvalue weighted by Crippen LogP contribution is -2.05. The van der Waals surface area contributed by atoms with Gasteiger partial charge in [-0.2, -0.15) is 0 Å². The molecule has 0 bridgehead atoms. The summed E-state index contributed by atoms with van der Waals surface area (Å²) in [4.78, 5) is 0. The number of aliphatic hydroxyl groups excluding tert-OH is 1. The molecule has 0 radical (unpaired) electrons. The second kappa shape index (κ2) is 5.44. The SMILES string of the molecule is OC(CC1CC1)c1ccc(C2CCCCC2)cc1. The Balaban J connectivity index is 1.63. The molecule has 3 rings (SSSR count). The van der Waals surface area contributed by atoms with Gasteiger partial charge in [0.15, 0.2) is 0 Å². The summed E-state index contributed by atoms with van der Waals surface area (Å²) in [5.41, 5.74) is 2.60. The fraction of sp³-hybridized carbons (Fsp3) is 0.647. The largest absolute Gasteiger partial charge is 0.388 e. The molecule has 2 fully saturated rings. The van der Waals surface area contributed by atoms with Gasteiger partial charge in [-0.25, -0.2) is 0 Å². The van der Waals surface area contributed by atoms with Gasteiger partial charge in [0, 0.05) is 0 Å². The quantitative estimate of drug-likeness (QED) is 0.822. The lowest BCUT2D eigenvalue weighted by Gasteiger charge is -2.22. The summed E-state index contributed by atoms with van der Waals surface area (Å²) in [5, 5.41) is 10.1. The monoisotopic (exact) mass is 244 g/mol. The Morgan fingerprint density at radius 3 is 2.22 bits per heavy atom. The van der Waals surface area contributed by atoms with Crippen molar-refractivity contribution in [1.29, 1.82) is 0 Å². The molecule has 98 valence electrons. The summed E-state index contributed by atoms with van der Waals surface area (Å²) in [6, 6.07) is 8.80. The Kier molecular flexibility index (Phi) is 3.69. The smallest absolute Gasteiger partial charge is 0.0792 e. The van der Waals surface area contributed by atoms with Gasteiger partial charge in [-0.15, -0.1) is 0 Å². The van der Waals surface area contributed by atoms with E-state index < -0.39 is 0 Å². The minimum atomic E-state index is -0.238. The molecule has 2 saturated carbocycles. The predicted octanol–water partition coefficient (Wildman–Crippen LogP) is 4.57. The van der Waals surface area contributed by atoms with Crippen molar-refractivity contribution in [3.63, 3.8) is 0 Å². The first-order valence-electron chi connectivity index (χ1n) is 7.61. The van der Waals surface area contributed by atoms with E-state index in [2.05, 4.69) is 24.3 Å². The van der Waals surface area contributed by atoms with E-state index in [1.807, 2.05) is 0 Å². The minimum absolute atomic E-state index is 0.238. The minimum Gasteiger partial charge on any atom is -0.388 e. The van der Waals surface area contributed by atoms with Crippen LogP contribution in [-0.4, -0.2) is 5.11 Å². The number of hydrogen-bond acceptors (Lipinski definition) is 1. The Morgan fingerprint density at radius 2 is 1.61 bits per heavy atom. The van der Waals surface area contributed by atoms with Crippen molar-refractivity contribution in [3.05, 3.63) is 35.4 Å². The molecule has 1 atom stereocenters. The van der Waals surface area contributed by atoms with Crippen molar-refractivity contribution in [2.24, 2.45) is 5.92 Å². The molecule has 1 aromatic carbocycles. The highest BCUT2D eigenvalue weighted by Gasteiger charge is 2.25. The summed E-state index contributed by atoms with van der Waals surface area (Å²) in [5.74, 6) is 1.56. The second-order valence-corrected chi connectivity index (χ2v) is 6.20. The van der Waals surface area contributed by atoms with Crippen molar-refractivity contribution in [3.8, 4) is 0 Å². The van der Waals surface area contributed by atoms with Crippen LogP contribution in [0.5, 0.6) is 0 Å². The second-order valence-electron chi connectivity index (χ2n) is 6.20. The number of aliphatic hydroxyl groups is 1. The number of rotatable bonds is 4. The Morgan fingerprint density at radius 1 is 0.944 bits per heavy atom. The first kappa shape index (κ1) is 12.2. The van der Waals surface area contributed by atoms with Crippen molar-refractivity contribution in [2.45, 2.75) is 63.4 Å². The van der Waals surface area contributed by atoms with Crippen LogP contribution in [0, 0.1) is 5.92 Å². The average Bonchev–Trinajstić information content (AvgIpc) is 3.24. The van der Waals surface area contributed by atoms with E-state index in [9.17, 15) is 5.11 Å². The van der Waals surface area contributed by atoms with Gasteiger partial charge in [0.2, 0.25) is 0 Å². The highest BCUT2D eigenvalue weighted by molar-refractivity contribution is 5.27. The molecular weight excluding hydrogens is 220 g/mol. The third-order valence-corrected chi connectivity index (χ3v) is 4.65. The summed E-state index contributed by atoms with van der Waals surface area (Å²) < 4.78 is 0. The zero-order valence-corrected chi connectivity index (χ0v) is 11.1. The van der Waals surface area contributed by atoms with Gasteiger partial charge in [0.1, 0.15) is 0 Å². The van der Waals surface area contributed by atoms with Gasteiger partial charge < -0.3 is 5.11 Å². The maximum absolute atomic E-state index is 10.1. The highest BCUT2D eigenvalue weighted by Crippen LogP contribution is 2.38. The molecule has 2 aliphatic rings. The van der Waals surface area contributed by atoms with Crippen LogP contribution in [0.3, 0.4) is 0 Å². The molecule has 18 heavy (non-hydrogen) atoms. The van der Waals surface area contributed by atoms with Crippen LogP contribution >= 0.6 is 0 Å². The topological polar surface area (TPSA) is 20.2 Å². The molecule has 1 unspecified atom stereocenters. The van der Waals surface area contributed by atoms with Gasteiger partial charge in [-0.1, -0.05) is 56.4 Å². The fourth-order valence-corrected chi connectivity index (χ4v) is 3.23. The molecular formula is C17H24O. The standard InChI is InChI=1S/C17H24O/c18-17(12-13-6-7-13)16-10-8-15(9-11-16)14-4-2-1-3-5-14/h8-11,13-14,17-18H,1-7,12H2. The van der Waals surface area contributed by atoms with Crippen LogP contribution in [0.2, 0.25) is 0 Å². The first-order chi connectivity index (χ1) is 8.83. The van der Waals surface area contributed by atoms with Gasteiger partial charge in [0.25, 0.3) is 0 Å². The van der Waals surface area contributed by atoms with Crippen molar-refractivity contribution in [2.75, 3.05) is 0 Å². The third-order valence-electron chi connectivity index (χ3n) is 4.65. The van der Waals surface area contributed by atoms with E-state index in [1.54, 1.807) is 0 Å². The van der Waals surface area contributed by atoms with E-state index in [0.29, 0.717) is 0 Å². The summed E-state index contributed by atoms with van der Waals surface area (Å²) >= 11 is 0. The molecule has 1 N–H and O–H groups in total. The number of benzene rings is 1. The highest BCUT2D eigenvalue weighted by atomic mass is 16.3. The molecule has 1 nitrogen and oxygen atoms in total. The fourth-order valence-electron chi connectivity index (χ4n) is 3.23. The molecule has 0 aromatic heterocycles. The average molecular weight is 244 g/mol. The third kappa shape index (κ3) is 2.95. The van der Waals surface area contributed by atoms with Gasteiger partial charge in [-0.3, -0.25) is 0 Å². The maximum Gasteiger partial charge on any atom is 0.0792 e. The van der Waals surface area contributed by atoms with Crippen LogP contribution in [0.4, 0.5) is 0 Å². The lowest BCUT2D eigenvalue weighted by molar-refractivity contribution is 0.160. The number of hydrogen-bond donors (Lipinski definition) is 1. The molecule has 1 heteroatoms. The van der Waals surface area contributed by atoms with E-state index in [4.69, 9.17) is 0 Å². The summed E-state index contributed by atoms with van der Waals surface area (Å²) in [7, 11) is 0. The van der Waals surface area contributed by atoms with Gasteiger partial charge in [-0.05, 0) is 42.2 Å². The lowest BCUT2D eigenvalue weighted by atomic mass is 9.83. The van der Waals surface area contributed by atoms with Gasteiger partial charge in [0.05, 0.1) is 6.10 Å². The van der Waals surface area contributed by atoms with E-state index in [-0.39, 0.29) is 6.10 Å². The van der Waals surface area contributed by atoms with Crippen LogP contribution < -0.4 is 0 Å². The maximum atomic E-state index is 10.1. The molecule has 0 amide bonds. The van der Waals surface area contributed by atoms with Crippen LogP contribution in [0.25, 0.3) is 0 Å². The molecule has 0 saturated heterocycles. The van der Waals surface area contributed by atoms with Crippen molar-refractivity contribution in [1.82, 2.24) is 0 Å². The van der Waals surface area contributed by atoms with Crippen LogP contribution in [-0.2, 0) is 0 Å². The summed E-state index contributed by atoms with van der Waals surface area (Å²) in [6.45, 7) is 0. The predicted molar refractivity (Wildman–Crippen MR) is 74.6 cm³/mol. The molecule has 0 spiro atoms. The summed E-state index contributed by atoms with van der Waals surface area (Å²) in [6.07, 6.45) is 10.2. The zero-order chi connectivity index (χ0) is 12.4. The van der Waals surface area contributed by atoms with E-state index in [1.165, 1.54) is 50.5 Å². The van der Waals surface area contributed by atoms with Crippen LogP contribution in [0.1, 0.15) is 74.5 Å².